The molecule has 1 saturated heterocycles. The zero-order valence-electron chi connectivity index (χ0n) is 14.4. The Morgan fingerprint density at radius 1 is 1.29 bits per heavy atom. The summed E-state index contributed by atoms with van der Waals surface area (Å²) in [5.74, 6) is 0.584. The van der Waals surface area contributed by atoms with Crippen molar-refractivity contribution in [3.63, 3.8) is 0 Å². The van der Waals surface area contributed by atoms with E-state index in [0.717, 1.165) is 19.6 Å². The fourth-order valence-electron chi connectivity index (χ4n) is 2.88. The van der Waals surface area contributed by atoms with Crippen LogP contribution in [0.4, 0.5) is 5.69 Å². The first-order chi connectivity index (χ1) is 11.4. The molecular weight excluding hydrogens is 326 g/mol. The lowest BCUT2D eigenvalue weighted by atomic mass is 10.0. The van der Waals surface area contributed by atoms with Crippen molar-refractivity contribution in [3.8, 4) is 0 Å². The molecule has 6 nitrogen and oxygen atoms in total. The average molecular weight is 353 g/mol. The minimum atomic E-state index is -3.51. The number of carbonyl (C=O) groups is 1. The van der Waals surface area contributed by atoms with Crippen LogP contribution in [0.15, 0.2) is 29.2 Å². The summed E-state index contributed by atoms with van der Waals surface area (Å²) in [5.41, 5.74) is 0.600. The smallest absolute Gasteiger partial charge is 0.240 e. The van der Waals surface area contributed by atoms with Crippen molar-refractivity contribution in [2.45, 2.75) is 38.0 Å². The standard InChI is InChI=1S/C17H27N3O3S/c1-3-17(21)19-15-6-8-16(9-7-15)24(22,23)18-10-12-20-11-4-5-14(2)13-20/h6-9,14,18H,3-5,10-13H2,1-2H3,(H,19,21). The first-order valence-electron chi connectivity index (χ1n) is 8.52. The van der Waals surface area contributed by atoms with E-state index in [0.29, 0.717) is 24.6 Å². The van der Waals surface area contributed by atoms with Gasteiger partial charge in [0.1, 0.15) is 0 Å². The normalized spacial score (nSPS) is 19.2. The minimum Gasteiger partial charge on any atom is -0.326 e. The van der Waals surface area contributed by atoms with E-state index in [9.17, 15) is 13.2 Å². The van der Waals surface area contributed by atoms with Gasteiger partial charge in [-0.15, -0.1) is 0 Å². The number of anilines is 1. The summed E-state index contributed by atoms with van der Waals surface area (Å²) >= 11 is 0. The van der Waals surface area contributed by atoms with E-state index in [1.54, 1.807) is 19.1 Å². The zero-order valence-corrected chi connectivity index (χ0v) is 15.2. The number of amides is 1. The Labute approximate surface area is 144 Å². The molecule has 0 aliphatic carbocycles. The summed E-state index contributed by atoms with van der Waals surface area (Å²) in [7, 11) is -3.51. The van der Waals surface area contributed by atoms with Gasteiger partial charge < -0.3 is 10.2 Å². The van der Waals surface area contributed by atoms with Crippen LogP contribution in [0.2, 0.25) is 0 Å². The molecule has 1 unspecified atom stereocenters. The largest absolute Gasteiger partial charge is 0.326 e. The number of hydrogen-bond donors (Lipinski definition) is 2. The van der Waals surface area contributed by atoms with Crippen LogP contribution in [-0.2, 0) is 14.8 Å². The van der Waals surface area contributed by atoms with Crippen LogP contribution in [0.5, 0.6) is 0 Å². The second-order valence-electron chi connectivity index (χ2n) is 6.37. The highest BCUT2D eigenvalue weighted by atomic mass is 32.2. The fourth-order valence-corrected chi connectivity index (χ4v) is 3.90. The number of piperidine rings is 1. The van der Waals surface area contributed by atoms with E-state index in [1.165, 1.54) is 25.0 Å². The van der Waals surface area contributed by atoms with Gasteiger partial charge in [0.05, 0.1) is 4.90 Å². The molecule has 1 aromatic carbocycles. The van der Waals surface area contributed by atoms with Gasteiger partial charge in [-0.2, -0.15) is 0 Å². The molecule has 0 bridgehead atoms. The third kappa shape index (κ3) is 5.58. The Balaban J connectivity index is 1.86. The SMILES string of the molecule is CCC(=O)Nc1ccc(S(=O)(=O)NCCN2CCCC(C)C2)cc1. The first-order valence-corrected chi connectivity index (χ1v) is 10.0. The van der Waals surface area contributed by atoms with Gasteiger partial charge in [-0.05, 0) is 49.6 Å². The van der Waals surface area contributed by atoms with Crippen LogP contribution in [0.25, 0.3) is 0 Å². The molecule has 1 atom stereocenters. The van der Waals surface area contributed by atoms with E-state index >= 15 is 0 Å². The number of likely N-dealkylation sites (tertiary alicyclic amines) is 1. The Morgan fingerprint density at radius 3 is 2.62 bits per heavy atom. The number of nitrogens with one attached hydrogen (secondary N) is 2. The van der Waals surface area contributed by atoms with Gasteiger partial charge in [0.2, 0.25) is 15.9 Å². The maximum Gasteiger partial charge on any atom is 0.240 e. The summed E-state index contributed by atoms with van der Waals surface area (Å²) in [6.45, 7) is 7.21. The molecule has 7 heteroatoms. The molecule has 1 aliphatic heterocycles. The average Bonchev–Trinajstić information content (AvgIpc) is 2.55. The van der Waals surface area contributed by atoms with Crippen LogP contribution in [0.3, 0.4) is 0 Å². The Bertz CT molecular complexity index is 644. The van der Waals surface area contributed by atoms with Crippen molar-refractivity contribution in [2.75, 3.05) is 31.5 Å². The number of rotatable bonds is 7. The highest BCUT2D eigenvalue weighted by molar-refractivity contribution is 7.89. The molecule has 0 radical (unpaired) electrons. The molecule has 134 valence electrons. The lowest BCUT2D eigenvalue weighted by Gasteiger charge is -2.30. The van der Waals surface area contributed by atoms with Gasteiger partial charge in [-0.25, -0.2) is 13.1 Å². The molecule has 24 heavy (non-hydrogen) atoms. The van der Waals surface area contributed by atoms with Crippen LogP contribution in [-0.4, -0.2) is 45.4 Å². The van der Waals surface area contributed by atoms with E-state index in [1.807, 2.05) is 0 Å². The molecule has 2 rings (SSSR count). The van der Waals surface area contributed by atoms with Gasteiger partial charge in [-0.3, -0.25) is 4.79 Å². The maximum absolute atomic E-state index is 12.3. The summed E-state index contributed by atoms with van der Waals surface area (Å²) in [6.07, 6.45) is 2.82. The molecule has 1 aliphatic rings. The first kappa shape index (κ1) is 18.9. The Morgan fingerprint density at radius 2 is 2.00 bits per heavy atom. The molecule has 0 aromatic heterocycles. The second-order valence-corrected chi connectivity index (χ2v) is 8.14. The summed E-state index contributed by atoms with van der Waals surface area (Å²) in [4.78, 5) is 13.8. The number of sulfonamides is 1. The van der Waals surface area contributed by atoms with Crippen molar-refractivity contribution in [1.29, 1.82) is 0 Å². The minimum absolute atomic E-state index is 0.0977. The van der Waals surface area contributed by atoms with Crippen LogP contribution >= 0.6 is 0 Å². The van der Waals surface area contributed by atoms with Crippen molar-refractivity contribution in [2.24, 2.45) is 5.92 Å². The van der Waals surface area contributed by atoms with Gasteiger partial charge in [0.25, 0.3) is 0 Å². The van der Waals surface area contributed by atoms with E-state index < -0.39 is 10.0 Å². The second kappa shape index (κ2) is 8.60. The van der Waals surface area contributed by atoms with Gasteiger partial charge in [-0.1, -0.05) is 13.8 Å². The molecule has 1 amide bonds. The topological polar surface area (TPSA) is 78.5 Å². The van der Waals surface area contributed by atoms with Gasteiger partial charge >= 0.3 is 0 Å². The van der Waals surface area contributed by atoms with Crippen molar-refractivity contribution in [1.82, 2.24) is 9.62 Å². The zero-order chi connectivity index (χ0) is 17.6. The molecule has 2 N–H and O–H groups in total. The van der Waals surface area contributed by atoms with E-state index in [4.69, 9.17) is 0 Å². The van der Waals surface area contributed by atoms with Crippen LogP contribution in [0.1, 0.15) is 33.1 Å². The number of nitrogens with zero attached hydrogens (tertiary/aromatic N) is 1. The van der Waals surface area contributed by atoms with E-state index in [-0.39, 0.29) is 10.8 Å². The van der Waals surface area contributed by atoms with Crippen molar-refractivity contribution < 1.29 is 13.2 Å². The Kier molecular flexibility index (Phi) is 6.77. The van der Waals surface area contributed by atoms with Crippen molar-refractivity contribution >= 4 is 21.6 Å². The quantitative estimate of drug-likeness (QED) is 0.786. The van der Waals surface area contributed by atoms with Crippen molar-refractivity contribution in [3.05, 3.63) is 24.3 Å². The third-order valence-corrected chi connectivity index (χ3v) is 5.71. The molecular formula is C17H27N3O3S. The monoisotopic (exact) mass is 353 g/mol. The predicted octanol–water partition coefficient (Wildman–Crippen LogP) is 2.05. The molecule has 0 spiro atoms. The molecule has 1 aromatic rings. The van der Waals surface area contributed by atoms with Gasteiger partial charge in [0.15, 0.2) is 0 Å². The molecule has 0 saturated carbocycles. The number of carbonyl (C=O) groups excluding carboxylic acids is 1. The number of hydrogen-bond acceptors (Lipinski definition) is 4. The molecule has 1 heterocycles. The lowest BCUT2D eigenvalue weighted by molar-refractivity contribution is -0.115. The number of benzene rings is 1. The fraction of sp³-hybridized carbons (Fsp3) is 0.588. The highest BCUT2D eigenvalue weighted by Gasteiger charge is 2.18. The van der Waals surface area contributed by atoms with E-state index in [2.05, 4.69) is 21.9 Å². The van der Waals surface area contributed by atoms with Crippen LogP contribution in [0, 0.1) is 5.92 Å². The van der Waals surface area contributed by atoms with Crippen LogP contribution < -0.4 is 10.0 Å². The third-order valence-electron chi connectivity index (χ3n) is 4.23. The summed E-state index contributed by atoms with van der Waals surface area (Å²) < 4.78 is 27.3. The summed E-state index contributed by atoms with van der Waals surface area (Å²) in [6, 6.07) is 6.23. The lowest BCUT2D eigenvalue weighted by Crippen LogP contribution is -2.40. The highest BCUT2D eigenvalue weighted by Crippen LogP contribution is 2.16. The summed E-state index contributed by atoms with van der Waals surface area (Å²) in [5, 5.41) is 2.70. The van der Waals surface area contributed by atoms with Gasteiger partial charge in [0, 0.05) is 31.7 Å². The maximum atomic E-state index is 12.3. The predicted molar refractivity (Wildman–Crippen MR) is 95.4 cm³/mol. The Hall–Kier alpha value is -1.44. The molecule has 1 fully saturated rings.